The van der Waals surface area contributed by atoms with Gasteiger partial charge in [-0.15, -0.1) is 11.8 Å². The van der Waals surface area contributed by atoms with Gasteiger partial charge in [0.05, 0.1) is 21.7 Å². The number of piperidine rings is 1. The number of sulfonamides is 1. The number of halogens is 4. The molecular formula is C61H66ClF3N8O9S3. The number of benzene rings is 5. The van der Waals surface area contributed by atoms with Crippen LogP contribution in [0.4, 0.5) is 24.5 Å². The largest absolute Gasteiger partial charge is 0.501 e. The standard InChI is InChI=1S/C61H66ClF3N8O9S3/c1-60(2)24-22-49(41-9-13-44(62)14-10-41)43(36-60)38-71-30-32-72(33-31-71)46-15-11-42(12-16-46)56(75)68-85(81,82)48-17-19-52(54(35-48)84(79,80)61(63,64)65)66-45(39-83-47-6-4-3-5-7-47)23-25-69-26-28-70(29-27-69)37-40-8-18-50-51(34-40)59(78)73(58(50)77)53-20-21-55(74)67-57(53)76/h3-19,34-35,45,53,66H,20-33,36-39H2,1-2H3,(H,68,75)(H,67,74,76)/t45-,53?/m1/s1/i26D2,27D2,28D2,29D2. The van der Waals surface area contributed by atoms with Gasteiger partial charge in [0.2, 0.25) is 11.8 Å². The third-order valence-electron chi connectivity index (χ3n) is 15.5. The number of hydrogen-bond acceptors (Lipinski definition) is 15. The summed E-state index contributed by atoms with van der Waals surface area (Å²) in [6.07, 6.45) is 2.10. The zero-order valence-electron chi connectivity index (χ0n) is 54.2. The molecule has 5 amide bonds. The van der Waals surface area contributed by atoms with E-state index >= 15 is 0 Å². The van der Waals surface area contributed by atoms with Gasteiger partial charge < -0.3 is 15.1 Å². The van der Waals surface area contributed by atoms with Crippen LogP contribution >= 0.6 is 23.4 Å². The normalized spacial score (nSPS) is 23.4. The highest BCUT2D eigenvalue weighted by Gasteiger charge is 2.49. The predicted octanol–water partition coefficient (Wildman–Crippen LogP) is 8.72. The van der Waals surface area contributed by atoms with Crippen LogP contribution in [0.5, 0.6) is 0 Å². The van der Waals surface area contributed by atoms with Gasteiger partial charge >= 0.3 is 5.51 Å². The van der Waals surface area contributed by atoms with E-state index in [9.17, 15) is 54.0 Å². The summed E-state index contributed by atoms with van der Waals surface area (Å²) in [7, 11) is -11.6. The fraction of sp³-hybridized carbons (Fsp3) is 0.393. The highest BCUT2D eigenvalue weighted by atomic mass is 35.5. The van der Waals surface area contributed by atoms with Crippen molar-refractivity contribution in [2.75, 3.05) is 81.2 Å². The lowest BCUT2D eigenvalue weighted by molar-refractivity contribution is -0.136. The summed E-state index contributed by atoms with van der Waals surface area (Å²) >= 11 is 7.27. The number of nitrogens with one attached hydrogen (secondary N) is 3. The number of amides is 5. The fourth-order valence-corrected chi connectivity index (χ4v) is 14.0. The number of imide groups is 2. The second kappa shape index (κ2) is 25.4. The Morgan fingerprint density at radius 3 is 2.16 bits per heavy atom. The van der Waals surface area contributed by atoms with Gasteiger partial charge in [0.15, 0.2) is 0 Å². The minimum Gasteiger partial charge on any atom is -0.380 e. The van der Waals surface area contributed by atoms with Crippen LogP contribution in [-0.2, 0) is 36.0 Å². The maximum atomic E-state index is 14.7. The summed E-state index contributed by atoms with van der Waals surface area (Å²) < 4.78 is 174. The number of carbonyl (C=O) groups is 5. The minimum atomic E-state index is -6.45. The number of piperazine rings is 2. The summed E-state index contributed by atoms with van der Waals surface area (Å²) in [4.78, 5) is 68.7. The summed E-state index contributed by atoms with van der Waals surface area (Å²) in [5.74, 6) is -4.70. The molecule has 3 fully saturated rings. The van der Waals surface area contributed by atoms with Crippen LogP contribution in [0.25, 0.3) is 5.57 Å². The van der Waals surface area contributed by atoms with Crippen molar-refractivity contribution in [2.24, 2.45) is 5.41 Å². The lowest BCUT2D eigenvalue weighted by atomic mass is 9.73. The summed E-state index contributed by atoms with van der Waals surface area (Å²) in [6, 6.07) is 24.8. The van der Waals surface area contributed by atoms with E-state index < -0.39 is 128 Å². The second-order valence-corrected chi connectivity index (χ2v) is 27.2. The van der Waals surface area contributed by atoms with Gasteiger partial charge in [0, 0.05) is 122 Å². The van der Waals surface area contributed by atoms with E-state index in [1.807, 2.05) is 16.9 Å². The van der Waals surface area contributed by atoms with Crippen LogP contribution in [0.1, 0.15) is 106 Å². The molecule has 3 saturated heterocycles. The van der Waals surface area contributed by atoms with Gasteiger partial charge in [-0.05, 0) is 133 Å². The molecule has 4 heterocycles. The van der Waals surface area contributed by atoms with Crippen molar-refractivity contribution < 1.29 is 64.9 Å². The molecule has 5 aromatic carbocycles. The van der Waals surface area contributed by atoms with Gasteiger partial charge in [-0.3, -0.25) is 44.0 Å². The summed E-state index contributed by atoms with van der Waals surface area (Å²) in [5, 5.41) is 5.43. The molecule has 17 nitrogen and oxygen atoms in total. The topological polar surface area (TPSA) is 206 Å². The van der Waals surface area contributed by atoms with Crippen LogP contribution < -0.4 is 20.3 Å². The Morgan fingerprint density at radius 1 is 0.800 bits per heavy atom. The number of alkyl halides is 3. The van der Waals surface area contributed by atoms with Crippen molar-refractivity contribution in [3.8, 4) is 0 Å². The van der Waals surface area contributed by atoms with Crippen molar-refractivity contribution in [3.05, 3.63) is 154 Å². The van der Waals surface area contributed by atoms with Crippen LogP contribution in [-0.4, -0.2) is 155 Å². The van der Waals surface area contributed by atoms with E-state index in [0.29, 0.717) is 27.9 Å². The van der Waals surface area contributed by atoms with Gasteiger partial charge in [-0.25, -0.2) is 21.6 Å². The smallest absolute Gasteiger partial charge is 0.380 e. The number of carbonyl (C=O) groups excluding carboxylic acids is 5. The Morgan fingerprint density at radius 2 is 1.48 bits per heavy atom. The molecule has 2 atom stereocenters. The number of nitrogens with zero attached hydrogens (tertiary/aromatic N) is 5. The van der Waals surface area contributed by atoms with Gasteiger partial charge in [-0.1, -0.05) is 67.4 Å². The van der Waals surface area contributed by atoms with E-state index in [1.54, 1.807) is 42.5 Å². The Hall–Kier alpha value is -6.60. The minimum absolute atomic E-state index is 0.0792. The predicted molar refractivity (Wildman–Crippen MR) is 319 cm³/mol. The van der Waals surface area contributed by atoms with Crippen molar-refractivity contribution in [2.45, 2.75) is 91.2 Å². The van der Waals surface area contributed by atoms with Crippen LogP contribution in [0.3, 0.4) is 0 Å². The van der Waals surface area contributed by atoms with E-state index in [4.69, 9.17) is 22.6 Å². The molecule has 0 saturated carbocycles. The van der Waals surface area contributed by atoms with E-state index in [2.05, 4.69) is 46.4 Å². The first-order valence-electron chi connectivity index (χ1n) is 31.3. The number of fused-ring (bicyclic) bond motifs is 1. The average molecular weight is 1250 g/mol. The first-order chi connectivity index (χ1) is 43.4. The lowest BCUT2D eigenvalue weighted by Gasteiger charge is -2.39. The Balaban J connectivity index is 0.844. The van der Waals surface area contributed by atoms with Gasteiger partial charge in [0.25, 0.3) is 37.6 Å². The lowest BCUT2D eigenvalue weighted by Crippen LogP contribution is -2.54. The molecular weight excluding hydrogens is 1180 g/mol. The first-order valence-corrected chi connectivity index (χ1v) is 31.7. The average Bonchev–Trinajstić information content (AvgIpc) is 1.01. The maximum Gasteiger partial charge on any atom is 0.501 e. The highest BCUT2D eigenvalue weighted by molar-refractivity contribution is 7.99. The zero-order valence-corrected chi connectivity index (χ0v) is 49.4. The van der Waals surface area contributed by atoms with Crippen molar-refractivity contribution in [1.29, 1.82) is 0 Å². The molecule has 24 heteroatoms. The third kappa shape index (κ3) is 14.3. The molecule has 10 rings (SSSR count). The number of allylic oxidation sites excluding steroid dienone is 1. The van der Waals surface area contributed by atoms with Crippen molar-refractivity contribution in [1.82, 2.24) is 29.6 Å². The molecule has 0 aromatic heterocycles. The van der Waals surface area contributed by atoms with Crippen LogP contribution in [0.15, 0.2) is 136 Å². The quantitative estimate of drug-likeness (QED) is 0.0522. The Bertz CT molecular complexity index is 4010. The molecule has 1 unspecified atom stereocenters. The number of rotatable bonds is 19. The van der Waals surface area contributed by atoms with Crippen molar-refractivity contribution >= 4 is 89.7 Å². The number of sulfone groups is 1. The van der Waals surface area contributed by atoms with E-state index in [1.165, 1.54) is 29.3 Å². The molecule has 3 N–H and O–H groups in total. The van der Waals surface area contributed by atoms with E-state index in [0.717, 1.165) is 86.2 Å². The second-order valence-electron chi connectivity index (χ2n) is 22.0. The fourth-order valence-electron chi connectivity index (χ4n) is 10.9. The zero-order chi connectivity index (χ0) is 67.6. The Kier molecular flexibility index (Phi) is 15.4. The van der Waals surface area contributed by atoms with Crippen LogP contribution in [0.2, 0.25) is 5.02 Å². The maximum absolute atomic E-state index is 14.7. The highest BCUT2D eigenvalue weighted by Crippen LogP contribution is 2.43. The molecule has 4 aliphatic heterocycles. The molecule has 5 aromatic rings. The molecule has 450 valence electrons. The molecule has 0 bridgehead atoms. The molecule has 5 aliphatic rings. The molecule has 85 heavy (non-hydrogen) atoms. The molecule has 0 spiro atoms. The SMILES string of the molecule is [2H]C1([2H])N(CC[C@H](CSc2ccccc2)Nc2ccc(S(=O)(=O)NC(=O)c3ccc(N4CCN(CC5=C(c6ccc(Cl)cc6)CCC(C)(C)C5)CC4)cc3)cc2S(=O)(=O)C(F)(F)F)C([2H])([2H])C([2H])([2H])N(Cc2ccc3c(c2)C(=O)N(C2CCC(=O)NC2=O)C3=O)C1([2H])[2H]. The van der Waals surface area contributed by atoms with Crippen molar-refractivity contribution in [3.63, 3.8) is 0 Å². The summed E-state index contributed by atoms with van der Waals surface area (Å²) in [6.45, 7) is -7.53. The molecule has 0 radical (unpaired) electrons. The third-order valence-corrected chi connectivity index (χ3v) is 19.8. The number of thioether (sulfide) groups is 1. The summed E-state index contributed by atoms with van der Waals surface area (Å²) in [5.41, 5.74) is -2.73. The van der Waals surface area contributed by atoms with Crippen LogP contribution in [0, 0.1) is 5.41 Å². The Labute approximate surface area is 513 Å². The van der Waals surface area contributed by atoms with E-state index in [-0.39, 0.29) is 62.1 Å². The first kappa shape index (κ1) is 51.6. The number of anilines is 2. The van der Waals surface area contributed by atoms with Gasteiger partial charge in [-0.2, -0.15) is 13.2 Å². The van der Waals surface area contributed by atoms with Gasteiger partial charge in [0.1, 0.15) is 10.9 Å². The monoisotopic (exact) mass is 1250 g/mol. The molecule has 1 aliphatic carbocycles. The number of hydrogen-bond donors (Lipinski definition) is 3.